The maximum absolute atomic E-state index is 4.71. The van der Waals surface area contributed by atoms with Crippen molar-refractivity contribution in [3.8, 4) is 0 Å². The van der Waals surface area contributed by atoms with Crippen LogP contribution in [0.15, 0.2) is 30.5 Å². The lowest BCUT2D eigenvalue weighted by atomic mass is 10.1. The molecule has 5 nitrogen and oxygen atoms in total. The molecule has 0 saturated heterocycles. The SMILES string of the molecule is CCCCc1cccc(N2CCN(C)c3nc(NCC)ncc3C2)c1. The Balaban J connectivity index is 1.83. The van der Waals surface area contributed by atoms with Crippen molar-refractivity contribution in [3.63, 3.8) is 0 Å². The van der Waals surface area contributed by atoms with Crippen LogP contribution in [0.25, 0.3) is 0 Å². The van der Waals surface area contributed by atoms with E-state index in [1.165, 1.54) is 29.7 Å². The largest absolute Gasteiger partial charge is 0.365 e. The molecule has 0 bridgehead atoms. The summed E-state index contributed by atoms with van der Waals surface area (Å²) >= 11 is 0. The Morgan fingerprint density at radius 3 is 2.88 bits per heavy atom. The lowest BCUT2D eigenvalue weighted by Crippen LogP contribution is -2.29. The van der Waals surface area contributed by atoms with Gasteiger partial charge in [0, 0.05) is 50.7 Å². The fourth-order valence-electron chi connectivity index (χ4n) is 3.25. The zero-order valence-electron chi connectivity index (χ0n) is 15.6. The van der Waals surface area contributed by atoms with Crippen molar-refractivity contribution in [2.75, 3.05) is 41.8 Å². The second-order valence-electron chi connectivity index (χ2n) is 6.69. The van der Waals surface area contributed by atoms with Gasteiger partial charge in [-0.05, 0) is 37.5 Å². The first-order valence-corrected chi connectivity index (χ1v) is 9.36. The molecule has 134 valence electrons. The van der Waals surface area contributed by atoms with Gasteiger partial charge in [-0.2, -0.15) is 4.98 Å². The quantitative estimate of drug-likeness (QED) is 0.869. The molecule has 0 radical (unpaired) electrons. The summed E-state index contributed by atoms with van der Waals surface area (Å²) in [4.78, 5) is 13.8. The summed E-state index contributed by atoms with van der Waals surface area (Å²) in [6, 6.07) is 8.98. The van der Waals surface area contributed by atoms with Crippen molar-refractivity contribution in [3.05, 3.63) is 41.6 Å². The zero-order valence-corrected chi connectivity index (χ0v) is 15.6. The van der Waals surface area contributed by atoms with Crippen molar-refractivity contribution in [2.24, 2.45) is 0 Å². The van der Waals surface area contributed by atoms with Gasteiger partial charge in [-0.25, -0.2) is 4.98 Å². The van der Waals surface area contributed by atoms with E-state index in [0.717, 1.165) is 38.4 Å². The molecule has 0 saturated carbocycles. The average molecular weight is 339 g/mol. The molecule has 2 heterocycles. The normalized spacial score (nSPS) is 14.2. The first-order chi connectivity index (χ1) is 12.2. The molecule has 1 N–H and O–H groups in total. The van der Waals surface area contributed by atoms with Gasteiger partial charge in [0.1, 0.15) is 5.82 Å². The molecule has 0 atom stereocenters. The third-order valence-corrected chi connectivity index (χ3v) is 4.70. The first-order valence-electron chi connectivity index (χ1n) is 9.36. The van der Waals surface area contributed by atoms with E-state index in [-0.39, 0.29) is 0 Å². The molecule has 1 aliphatic heterocycles. The molecule has 2 aromatic rings. The molecule has 0 amide bonds. The van der Waals surface area contributed by atoms with Gasteiger partial charge in [0.15, 0.2) is 0 Å². The highest BCUT2D eigenvalue weighted by Crippen LogP contribution is 2.26. The van der Waals surface area contributed by atoms with Gasteiger partial charge in [0.2, 0.25) is 5.95 Å². The highest BCUT2D eigenvalue weighted by molar-refractivity contribution is 5.56. The van der Waals surface area contributed by atoms with E-state index in [9.17, 15) is 0 Å². The molecule has 1 aliphatic rings. The Labute approximate surface area is 151 Å². The van der Waals surface area contributed by atoms with Gasteiger partial charge in [0.25, 0.3) is 0 Å². The number of likely N-dealkylation sites (N-methyl/N-ethyl adjacent to an activating group) is 1. The molecule has 1 aromatic heterocycles. The Morgan fingerprint density at radius 1 is 1.20 bits per heavy atom. The summed E-state index contributed by atoms with van der Waals surface area (Å²) in [5.41, 5.74) is 3.90. The Kier molecular flexibility index (Phi) is 5.74. The standard InChI is InChI=1S/C20H29N5/c1-4-6-8-16-9-7-10-18(13-16)25-12-11-24(3)19-17(15-25)14-22-20(23-19)21-5-2/h7,9-10,13-14H,4-6,8,11-12,15H2,1-3H3,(H,21,22,23). The topological polar surface area (TPSA) is 44.3 Å². The molecule has 0 aliphatic carbocycles. The number of anilines is 3. The highest BCUT2D eigenvalue weighted by Gasteiger charge is 2.20. The summed E-state index contributed by atoms with van der Waals surface area (Å²) in [6.45, 7) is 7.93. The lowest BCUT2D eigenvalue weighted by Gasteiger charge is -2.23. The van der Waals surface area contributed by atoms with E-state index in [0.29, 0.717) is 5.95 Å². The molecular weight excluding hydrogens is 310 g/mol. The number of hydrogen-bond acceptors (Lipinski definition) is 5. The number of nitrogens with zero attached hydrogens (tertiary/aromatic N) is 4. The molecule has 1 aromatic carbocycles. The van der Waals surface area contributed by atoms with Crippen LogP contribution in [0.1, 0.15) is 37.8 Å². The fourth-order valence-corrected chi connectivity index (χ4v) is 3.25. The van der Waals surface area contributed by atoms with Crippen LogP contribution < -0.4 is 15.1 Å². The zero-order chi connectivity index (χ0) is 17.6. The van der Waals surface area contributed by atoms with Crippen LogP contribution in [0.4, 0.5) is 17.5 Å². The monoisotopic (exact) mass is 339 g/mol. The number of fused-ring (bicyclic) bond motifs is 1. The summed E-state index contributed by atoms with van der Waals surface area (Å²) in [6.07, 6.45) is 5.60. The summed E-state index contributed by atoms with van der Waals surface area (Å²) < 4.78 is 0. The Morgan fingerprint density at radius 2 is 2.08 bits per heavy atom. The molecule has 0 spiro atoms. The van der Waals surface area contributed by atoms with E-state index in [4.69, 9.17) is 4.98 Å². The molecule has 0 fully saturated rings. The van der Waals surface area contributed by atoms with Crippen LogP contribution >= 0.6 is 0 Å². The second-order valence-corrected chi connectivity index (χ2v) is 6.69. The lowest BCUT2D eigenvalue weighted by molar-refractivity contribution is 0.783. The van der Waals surface area contributed by atoms with E-state index >= 15 is 0 Å². The number of hydrogen-bond donors (Lipinski definition) is 1. The number of benzene rings is 1. The van der Waals surface area contributed by atoms with Gasteiger partial charge in [-0.15, -0.1) is 0 Å². The maximum Gasteiger partial charge on any atom is 0.224 e. The van der Waals surface area contributed by atoms with Crippen molar-refractivity contribution in [1.82, 2.24) is 9.97 Å². The minimum Gasteiger partial charge on any atom is -0.365 e. The van der Waals surface area contributed by atoms with E-state index in [1.807, 2.05) is 6.20 Å². The molecule has 0 unspecified atom stereocenters. The third-order valence-electron chi connectivity index (χ3n) is 4.70. The van der Waals surface area contributed by atoms with Crippen molar-refractivity contribution < 1.29 is 0 Å². The van der Waals surface area contributed by atoms with E-state index in [1.54, 1.807) is 0 Å². The van der Waals surface area contributed by atoms with Crippen molar-refractivity contribution in [1.29, 1.82) is 0 Å². The summed E-state index contributed by atoms with van der Waals surface area (Å²) in [5.74, 6) is 1.75. The van der Waals surface area contributed by atoms with Crippen LogP contribution in [0.5, 0.6) is 0 Å². The van der Waals surface area contributed by atoms with E-state index in [2.05, 4.69) is 65.3 Å². The maximum atomic E-state index is 4.71. The molecular formula is C20H29N5. The predicted octanol–water partition coefficient (Wildman–Crippen LogP) is 3.71. The van der Waals surface area contributed by atoms with Crippen LogP contribution in [0.2, 0.25) is 0 Å². The second kappa shape index (κ2) is 8.19. The van der Waals surface area contributed by atoms with Crippen molar-refractivity contribution >= 4 is 17.5 Å². The van der Waals surface area contributed by atoms with Gasteiger partial charge in [-0.1, -0.05) is 25.5 Å². The minimum absolute atomic E-state index is 0.711. The van der Waals surface area contributed by atoms with Gasteiger partial charge < -0.3 is 15.1 Å². The van der Waals surface area contributed by atoms with Crippen LogP contribution in [0, 0.1) is 0 Å². The minimum atomic E-state index is 0.711. The number of rotatable bonds is 6. The smallest absolute Gasteiger partial charge is 0.224 e. The Bertz CT molecular complexity index is 700. The predicted molar refractivity (Wildman–Crippen MR) is 106 cm³/mol. The molecule has 3 rings (SSSR count). The molecule has 5 heteroatoms. The first kappa shape index (κ1) is 17.5. The van der Waals surface area contributed by atoms with Gasteiger partial charge >= 0.3 is 0 Å². The van der Waals surface area contributed by atoms with E-state index < -0.39 is 0 Å². The van der Waals surface area contributed by atoms with Crippen LogP contribution in [0.3, 0.4) is 0 Å². The number of aromatic nitrogens is 2. The summed E-state index contributed by atoms with van der Waals surface area (Å²) in [5, 5.41) is 3.21. The number of unbranched alkanes of at least 4 members (excludes halogenated alkanes) is 1. The van der Waals surface area contributed by atoms with Gasteiger partial charge in [-0.3, -0.25) is 0 Å². The van der Waals surface area contributed by atoms with Crippen LogP contribution in [-0.4, -0.2) is 36.6 Å². The van der Waals surface area contributed by atoms with Crippen LogP contribution in [-0.2, 0) is 13.0 Å². The fraction of sp³-hybridized carbons (Fsp3) is 0.500. The Hall–Kier alpha value is -2.30. The number of aryl methyl sites for hydroxylation is 1. The number of nitrogens with one attached hydrogen (secondary N) is 1. The van der Waals surface area contributed by atoms with Gasteiger partial charge in [0.05, 0.1) is 0 Å². The average Bonchev–Trinajstić information content (AvgIpc) is 2.80. The summed E-state index contributed by atoms with van der Waals surface area (Å²) in [7, 11) is 2.11. The molecule has 25 heavy (non-hydrogen) atoms. The van der Waals surface area contributed by atoms with Crippen molar-refractivity contribution in [2.45, 2.75) is 39.7 Å². The highest BCUT2D eigenvalue weighted by atomic mass is 15.3. The third kappa shape index (κ3) is 4.21.